The SMILES string of the molecule is C=CCOC[C@H](COS(=O)(=O)c1ccc(C)cc1)Oc1c(Cl)c(C)c(-c2c(-c3ccc(F)cc3)sc3ncnc(O[C@H](Cc4cc(O[Si](C)(C)C(C)(C)C)ccc4OCc4ccnc(-c5ccccc5OC)n4)C(=O)OCC)c23)c(C)c1Cl. The molecule has 0 spiro atoms. The largest absolute Gasteiger partial charge is 0.543 e. The average molecular weight is 1220 g/mol. The fourth-order valence-corrected chi connectivity index (χ4v) is 12.3. The zero-order chi connectivity index (χ0) is 59.8. The Balaban J connectivity index is 1.21. The van der Waals surface area contributed by atoms with Crippen LogP contribution in [0.5, 0.6) is 28.9 Å². The van der Waals surface area contributed by atoms with Gasteiger partial charge in [-0.15, -0.1) is 17.9 Å². The Labute approximate surface area is 498 Å². The minimum absolute atomic E-state index is 0.0198. The maximum absolute atomic E-state index is 14.7. The lowest BCUT2D eigenvalue weighted by molar-refractivity contribution is -0.151. The van der Waals surface area contributed by atoms with Gasteiger partial charge in [-0.3, -0.25) is 4.18 Å². The zero-order valence-corrected chi connectivity index (χ0v) is 51.9. The molecule has 436 valence electrons. The molecule has 3 heterocycles. The van der Waals surface area contributed by atoms with Gasteiger partial charge in [0.2, 0.25) is 20.3 Å². The van der Waals surface area contributed by atoms with E-state index in [-0.39, 0.29) is 64.5 Å². The Morgan fingerprint density at radius 1 is 0.867 bits per heavy atom. The minimum atomic E-state index is -4.22. The lowest BCUT2D eigenvalue weighted by Crippen LogP contribution is -2.43. The van der Waals surface area contributed by atoms with Gasteiger partial charge >= 0.3 is 5.97 Å². The van der Waals surface area contributed by atoms with Crippen LogP contribution in [0, 0.1) is 26.6 Å². The summed E-state index contributed by atoms with van der Waals surface area (Å²) in [5.41, 5.74) is 5.38. The predicted octanol–water partition coefficient (Wildman–Crippen LogP) is 14.7. The number of aromatic nitrogens is 4. The van der Waals surface area contributed by atoms with E-state index < -0.39 is 49.0 Å². The van der Waals surface area contributed by atoms with Crippen LogP contribution in [0.2, 0.25) is 28.2 Å². The topological polar surface area (TPSA) is 177 Å². The van der Waals surface area contributed by atoms with Gasteiger partial charge in [0.1, 0.15) is 53.5 Å². The van der Waals surface area contributed by atoms with E-state index >= 15 is 0 Å². The van der Waals surface area contributed by atoms with Crippen molar-refractivity contribution in [3.05, 3.63) is 166 Å². The molecule has 0 unspecified atom stereocenters. The first kappa shape index (κ1) is 62.1. The molecule has 3 aromatic heterocycles. The monoisotopic (exact) mass is 1220 g/mol. The van der Waals surface area contributed by atoms with Crippen molar-refractivity contribution in [3.63, 3.8) is 0 Å². The Morgan fingerprint density at radius 2 is 1.58 bits per heavy atom. The summed E-state index contributed by atoms with van der Waals surface area (Å²) in [6.07, 6.45) is 2.09. The highest BCUT2D eigenvalue weighted by molar-refractivity contribution is 7.86. The molecule has 8 rings (SSSR count). The number of rotatable bonds is 25. The van der Waals surface area contributed by atoms with Gasteiger partial charge in [0.05, 0.1) is 58.5 Å². The van der Waals surface area contributed by atoms with Crippen LogP contribution in [-0.4, -0.2) is 88.4 Å². The summed E-state index contributed by atoms with van der Waals surface area (Å²) in [4.78, 5) is 34.2. The predicted molar refractivity (Wildman–Crippen MR) is 325 cm³/mol. The molecule has 0 aliphatic heterocycles. The van der Waals surface area contributed by atoms with Crippen molar-refractivity contribution >= 4 is 69.2 Å². The highest BCUT2D eigenvalue weighted by atomic mass is 35.5. The van der Waals surface area contributed by atoms with E-state index in [1.807, 2.05) is 43.3 Å². The first-order valence-electron chi connectivity index (χ1n) is 26.6. The number of aryl methyl sites for hydroxylation is 1. The second-order valence-electron chi connectivity index (χ2n) is 20.9. The fraction of sp³-hybridized carbons (Fsp3) is 0.306. The van der Waals surface area contributed by atoms with Gasteiger partial charge in [0.25, 0.3) is 10.1 Å². The molecule has 0 amide bonds. The number of fused-ring (bicyclic) bond motifs is 1. The van der Waals surface area contributed by atoms with Crippen LogP contribution in [0.1, 0.15) is 55.6 Å². The van der Waals surface area contributed by atoms with Crippen molar-refractivity contribution in [1.29, 1.82) is 0 Å². The number of benzene rings is 5. The molecule has 0 saturated carbocycles. The minimum Gasteiger partial charge on any atom is -0.543 e. The van der Waals surface area contributed by atoms with E-state index in [9.17, 15) is 17.6 Å². The van der Waals surface area contributed by atoms with Gasteiger partial charge in [0, 0.05) is 28.6 Å². The van der Waals surface area contributed by atoms with Crippen LogP contribution in [0.3, 0.4) is 0 Å². The maximum atomic E-state index is 14.7. The van der Waals surface area contributed by atoms with Crippen molar-refractivity contribution in [2.24, 2.45) is 0 Å². The lowest BCUT2D eigenvalue weighted by Gasteiger charge is -2.36. The third-order valence-electron chi connectivity index (χ3n) is 14.0. The van der Waals surface area contributed by atoms with Gasteiger partial charge < -0.3 is 32.8 Å². The smallest absolute Gasteiger partial charge is 0.347 e. The van der Waals surface area contributed by atoms with Crippen molar-refractivity contribution < 1.29 is 54.6 Å². The van der Waals surface area contributed by atoms with Gasteiger partial charge in [-0.1, -0.05) is 92.0 Å². The molecule has 21 heteroatoms. The number of esters is 1. The van der Waals surface area contributed by atoms with Crippen LogP contribution in [0.4, 0.5) is 4.39 Å². The molecule has 8 aromatic rings. The van der Waals surface area contributed by atoms with E-state index in [0.29, 0.717) is 82.8 Å². The number of carbonyl (C=O) groups is 1. The summed E-state index contributed by atoms with van der Waals surface area (Å²) in [6, 6.07) is 27.0. The van der Waals surface area contributed by atoms with Crippen LogP contribution >= 0.6 is 34.5 Å². The first-order valence-corrected chi connectivity index (χ1v) is 32.5. The van der Waals surface area contributed by atoms with E-state index in [2.05, 4.69) is 45.4 Å². The van der Waals surface area contributed by atoms with Crippen molar-refractivity contribution in [3.8, 4) is 61.8 Å². The quantitative estimate of drug-likeness (QED) is 0.0173. The zero-order valence-electron chi connectivity index (χ0n) is 47.8. The first-order chi connectivity index (χ1) is 39.5. The van der Waals surface area contributed by atoms with E-state index in [4.69, 9.17) is 75.2 Å². The van der Waals surface area contributed by atoms with Crippen LogP contribution in [-0.2, 0) is 41.6 Å². The van der Waals surface area contributed by atoms with Crippen LogP contribution < -0.4 is 23.4 Å². The molecule has 0 aliphatic carbocycles. The van der Waals surface area contributed by atoms with Crippen molar-refractivity contribution in [1.82, 2.24) is 19.9 Å². The Hall–Kier alpha value is -6.97. The second-order valence-corrected chi connectivity index (χ2v) is 29.0. The number of hydrogen-bond acceptors (Lipinski definition) is 16. The van der Waals surface area contributed by atoms with Gasteiger partial charge in [-0.05, 0) is 129 Å². The maximum Gasteiger partial charge on any atom is 0.347 e. The highest BCUT2D eigenvalue weighted by Gasteiger charge is 2.39. The molecular weight excluding hydrogens is 1160 g/mol. The van der Waals surface area contributed by atoms with E-state index in [0.717, 1.165) is 5.56 Å². The number of methoxy groups -OCH3 is 1. The second kappa shape index (κ2) is 26.7. The van der Waals surface area contributed by atoms with Crippen LogP contribution in [0.25, 0.3) is 43.2 Å². The van der Waals surface area contributed by atoms with Gasteiger partial charge in [-0.25, -0.2) is 29.1 Å². The molecule has 0 radical (unpaired) electrons. The molecular formula is C62H65Cl2FN4O11S2Si. The third-order valence-corrected chi connectivity index (χ3v) is 21.7. The lowest BCUT2D eigenvalue weighted by atomic mass is 9.92. The normalized spacial score (nSPS) is 12.6. The fourth-order valence-electron chi connectivity index (χ4n) is 8.66. The molecule has 0 fully saturated rings. The number of nitrogens with zero attached hydrogens (tertiary/aromatic N) is 4. The molecule has 0 saturated heterocycles. The summed E-state index contributed by atoms with van der Waals surface area (Å²) in [5, 5.41) is 0.427. The van der Waals surface area contributed by atoms with Gasteiger partial charge in [-0.2, -0.15) is 8.42 Å². The number of hydrogen-bond donors (Lipinski definition) is 0. The Kier molecular flexibility index (Phi) is 20.0. The Bertz CT molecular complexity index is 3720. The standard InChI is InChI=1S/C62H65Cl2FN4O11S2Si/c1-12-30-74-34-45(35-77-82(71,72)46-25-18-37(3)19-26-46)78-56-54(63)38(4)51(39(5)55(56)64)52-53-59(67-36-68-60(53)81-57(52)40-20-22-42(65)23-21-40)79-50(61(70)75-13-2)32-41-31-44(80-83(10,11)62(6,7)8)24-27-48(41)76-33-43-28-29-66-58(69-43)47-16-14-15-17-49(47)73-9/h12,14-29,31,36,45,50H,1,13,30,32-35H2,2-11H3/t45-,50-/m1/s1. The summed E-state index contributed by atoms with van der Waals surface area (Å²) < 4.78 is 90.7. The highest BCUT2D eigenvalue weighted by Crippen LogP contribution is 2.53. The third kappa shape index (κ3) is 14.5. The molecule has 0 bridgehead atoms. The number of halogens is 3. The van der Waals surface area contributed by atoms with Gasteiger partial charge in [0.15, 0.2) is 11.6 Å². The summed E-state index contributed by atoms with van der Waals surface area (Å²) in [5.74, 6) is 1.02. The number of ether oxygens (including phenoxy) is 6. The average Bonchev–Trinajstić information content (AvgIpc) is 3.39. The van der Waals surface area contributed by atoms with E-state index in [1.54, 1.807) is 76.6 Å². The molecule has 2 atom stereocenters. The molecule has 15 nitrogen and oxygen atoms in total. The van der Waals surface area contributed by atoms with Crippen molar-refractivity contribution in [2.45, 2.75) is 96.7 Å². The van der Waals surface area contributed by atoms with E-state index in [1.165, 1.54) is 41.9 Å². The number of thiophene rings is 1. The Morgan fingerprint density at radius 3 is 2.25 bits per heavy atom. The summed E-state index contributed by atoms with van der Waals surface area (Å²) >= 11 is 16.0. The number of para-hydroxylation sites is 1. The van der Waals surface area contributed by atoms with Crippen molar-refractivity contribution in [2.75, 3.05) is 33.5 Å². The summed E-state index contributed by atoms with van der Waals surface area (Å²) in [7, 11) is -5.02. The molecule has 0 N–H and O–H groups in total. The number of carbonyl (C=O) groups excluding carboxylic acids is 1. The molecule has 5 aromatic carbocycles. The van der Waals surface area contributed by atoms with Crippen LogP contribution in [0.15, 0.2) is 127 Å². The summed E-state index contributed by atoms with van der Waals surface area (Å²) in [6.45, 7) is 21.2. The molecule has 0 aliphatic rings. The molecule has 83 heavy (non-hydrogen) atoms.